The summed E-state index contributed by atoms with van der Waals surface area (Å²) >= 11 is 0. The topological polar surface area (TPSA) is 50.1 Å². The number of benzene rings is 1. The molecule has 0 N–H and O–H groups in total. The second-order valence-corrected chi connectivity index (χ2v) is 2.41. The summed E-state index contributed by atoms with van der Waals surface area (Å²) in [7, 11) is 0. The first-order valence-electron chi connectivity index (χ1n) is 3.93. The quantitative estimate of drug-likeness (QED) is 0.519. The van der Waals surface area contributed by atoms with Crippen LogP contribution in [0.5, 0.6) is 0 Å². The van der Waals surface area contributed by atoms with Crippen LogP contribution in [0.1, 0.15) is 16.8 Å². The normalized spacial score (nSPS) is 8.85. The molecule has 0 aliphatic heterocycles. The van der Waals surface area contributed by atoms with Crippen molar-refractivity contribution in [2.75, 3.05) is 6.61 Å². The number of carbonyl (C=O) groups excluding carboxylic acids is 1. The Morgan fingerprint density at radius 2 is 2.08 bits per heavy atom. The van der Waals surface area contributed by atoms with Gasteiger partial charge in [-0.25, -0.2) is 4.79 Å². The Morgan fingerprint density at radius 1 is 1.38 bits per heavy atom. The van der Waals surface area contributed by atoms with E-state index in [1.807, 2.05) is 12.1 Å². The van der Waals surface area contributed by atoms with E-state index < -0.39 is 0 Å². The van der Waals surface area contributed by atoms with E-state index in [1.165, 1.54) is 0 Å². The molecule has 0 spiro atoms. The molecule has 0 aromatic heterocycles. The third-order valence-electron chi connectivity index (χ3n) is 1.46. The molecular weight excluding hydrogens is 166 g/mol. The van der Waals surface area contributed by atoms with Gasteiger partial charge < -0.3 is 4.74 Å². The van der Waals surface area contributed by atoms with Crippen LogP contribution in [0.25, 0.3) is 0 Å². The predicted octanol–water partition coefficient (Wildman–Crippen LogP) is 1.76. The fourth-order valence-corrected chi connectivity index (χ4v) is 0.847. The molecule has 0 saturated carbocycles. The first-order valence-corrected chi connectivity index (χ1v) is 3.93. The molecule has 0 bridgehead atoms. The van der Waals surface area contributed by atoms with Crippen molar-refractivity contribution in [3.8, 4) is 6.07 Å². The Kier molecular flexibility index (Phi) is 3.52. The smallest absolute Gasteiger partial charge is 0.338 e. The average Bonchev–Trinajstić information content (AvgIpc) is 2.19. The highest BCUT2D eigenvalue weighted by atomic mass is 16.5. The van der Waals surface area contributed by atoms with Gasteiger partial charge in [0, 0.05) is 0 Å². The van der Waals surface area contributed by atoms with Crippen molar-refractivity contribution in [1.29, 1.82) is 5.26 Å². The molecule has 3 heteroatoms. The van der Waals surface area contributed by atoms with Gasteiger partial charge in [0.25, 0.3) is 0 Å². The van der Waals surface area contributed by atoms with Crippen molar-refractivity contribution < 1.29 is 9.53 Å². The number of esters is 1. The van der Waals surface area contributed by atoms with Crippen molar-refractivity contribution in [2.24, 2.45) is 0 Å². The largest absolute Gasteiger partial charge is 0.461 e. The van der Waals surface area contributed by atoms with Gasteiger partial charge in [-0.2, -0.15) is 5.26 Å². The van der Waals surface area contributed by atoms with Gasteiger partial charge in [0.05, 0.1) is 18.1 Å². The maximum Gasteiger partial charge on any atom is 0.338 e. The molecule has 0 fully saturated rings. The van der Waals surface area contributed by atoms with Crippen molar-refractivity contribution in [3.63, 3.8) is 0 Å². The minimum absolute atomic E-state index is 0.157. The van der Waals surface area contributed by atoms with Gasteiger partial charge in [0.2, 0.25) is 0 Å². The van der Waals surface area contributed by atoms with Gasteiger partial charge in [-0.15, -0.1) is 0 Å². The zero-order chi connectivity index (χ0) is 9.52. The van der Waals surface area contributed by atoms with Gasteiger partial charge in [0.15, 0.2) is 0 Å². The fourth-order valence-electron chi connectivity index (χ4n) is 0.847. The molecule has 0 radical (unpaired) electrons. The number of nitrogens with zero attached hydrogens (tertiary/aromatic N) is 1. The Balaban J connectivity index is 2.46. The Morgan fingerprint density at radius 3 is 2.69 bits per heavy atom. The lowest BCUT2D eigenvalue weighted by atomic mass is 10.2. The highest BCUT2D eigenvalue weighted by molar-refractivity contribution is 5.89. The molecule has 3 nitrogen and oxygen atoms in total. The van der Waals surface area contributed by atoms with E-state index in [2.05, 4.69) is 0 Å². The summed E-state index contributed by atoms with van der Waals surface area (Å²) in [5, 5.41) is 8.21. The predicted molar refractivity (Wildman–Crippen MR) is 47.0 cm³/mol. The van der Waals surface area contributed by atoms with Crippen LogP contribution in [0, 0.1) is 11.3 Å². The van der Waals surface area contributed by atoms with Crippen molar-refractivity contribution in [3.05, 3.63) is 35.9 Å². The molecule has 0 aliphatic rings. The van der Waals surface area contributed by atoms with Crippen LogP contribution in [0.2, 0.25) is 0 Å². The van der Waals surface area contributed by atoms with Gasteiger partial charge in [-0.05, 0) is 12.1 Å². The summed E-state index contributed by atoms with van der Waals surface area (Å²) in [6.45, 7) is 0.157. The Bertz CT molecular complexity index is 313. The highest BCUT2D eigenvalue weighted by Gasteiger charge is 2.04. The molecule has 0 heterocycles. The molecule has 1 aromatic carbocycles. The molecule has 0 saturated heterocycles. The monoisotopic (exact) mass is 175 g/mol. The van der Waals surface area contributed by atoms with E-state index in [0.717, 1.165) is 0 Å². The van der Waals surface area contributed by atoms with Gasteiger partial charge in [-0.3, -0.25) is 0 Å². The number of nitriles is 1. The Hall–Kier alpha value is -1.82. The number of rotatable bonds is 3. The standard InChI is InChI=1S/C10H9NO2/c11-7-4-8-13-10(12)9-5-2-1-3-6-9/h1-3,5-6H,4,8H2. The van der Waals surface area contributed by atoms with Gasteiger partial charge in [-0.1, -0.05) is 18.2 Å². The second kappa shape index (κ2) is 4.94. The van der Waals surface area contributed by atoms with Gasteiger partial charge in [0.1, 0.15) is 6.61 Å². The molecule has 1 rings (SSSR count). The molecule has 66 valence electrons. The number of carbonyl (C=O) groups is 1. The first kappa shape index (κ1) is 9.27. The lowest BCUT2D eigenvalue weighted by Crippen LogP contribution is -2.05. The van der Waals surface area contributed by atoms with Crippen molar-refractivity contribution in [1.82, 2.24) is 0 Å². The van der Waals surface area contributed by atoms with Crippen molar-refractivity contribution >= 4 is 5.97 Å². The highest BCUT2D eigenvalue weighted by Crippen LogP contribution is 2.00. The van der Waals surface area contributed by atoms with Crippen LogP contribution < -0.4 is 0 Å². The van der Waals surface area contributed by atoms with E-state index in [-0.39, 0.29) is 19.0 Å². The minimum Gasteiger partial charge on any atom is -0.461 e. The Labute approximate surface area is 76.6 Å². The molecule has 0 amide bonds. The van der Waals surface area contributed by atoms with Crippen LogP contribution in [-0.4, -0.2) is 12.6 Å². The van der Waals surface area contributed by atoms with E-state index >= 15 is 0 Å². The molecule has 0 unspecified atom stereocenters. The van der Waals surface area contributed by atoms with Crippen molar-refractivity contribution in [2.45, 2.75) is 6.42 Å². The SMILES string of the molecule is N#CCCOC(=O)c1ccccc1. The fraction of sp³-hybridized carbons (Fsp3) is 0.200. The number of hydrogen-bond donors (Lipinski definition) is 0. The molecule has 0 atom stereocenters. The lowest BCUT2D eigenvalue weighted by Gasteiger charge is -2.00. The number of hydrogen-bond acceptors (Lipinski definition) is 3. The summed E-state index contributed by atoms with van der Waals surface area (Å²) in [6, 6.07) is 10.6. The third kappa shape index (κ3) is 2.96. The van der Waals surface area contributed by atoms with Crippen LogP contribution in [0.4, 0.5) is 0 Å². The van der Waals surface area contributed by atoms with Gasteiger partial charge >= 0.3 is 5.97 Å². The average molecular weight is 175 g/mol. The second-order valence-electron chi connectivity index (χ2n) is 2.41. The minimum atomic E-state index is -0.379. The van der Waals surface area contributed by atoms with Crippen LogP contribution in [0.3, 0.4) is 0 Å². The first-order chi connectivity index (χ1) is 6.34. The zero-order valence-corrected chi connectivity index (χ0v) is 7.06. The molecule has 1 aromatic rings. The van der Waals surface area contributed by atoms with Crippen LogP contribution in [-0.2, 0) is 4.74 Å². The molecule has 0 aliphatic carbocycles. The maximum absolute atomic E-state index is 11.2. The lowest BCUT2D eigenvalue weighted by molar-refractivity contribution is 0.0513. The van der Waals surface area contributed by atoms with E-state index in [1.54, 1.807) is 24.3 Å². The molecular formula is C10H9NO2. The third-order valence-corrected chi connectivity index (χ3v) is 1.46. The molecule has 13 heavy (non-hydrogen) atoms. The van der Waals surface area contributed by atoms with E-state index in [0.29, 0.717) is 5.56 Å². The van der Waals surface area contributed by atoms with E-state index in [9.17, 15) is 4.79 Å². The zero-order valence-electron chi connectivity index (χ0n) is 7.06. The summed E-state index contributed by atoms with van der Waals surface area (Å²) < 4.78 is 4.81. The summed E-state index contributed by atoms with van der Waals surface area (Å²) in [4.78, 5) is 11.2. The summed E-state index contributed by atoms with van der Waals surface area (Å²) in [6.07, 6.45) is 0.235. The summed E-state index contributed by atoms with van der Waals surface area (Å²) in [5.41, 5.74) is 0.514. The van der Waals surface area contributed by atoms with Crippen LogP contribution >= 0.6 is 0 Å². The van der Waals surface area contributed by atoms with E-state index in [4.69, 9.17) is 10.00 Å². The van der Waals surface area contributed by atoms with Crippen LogP contribution in [0.15, 0.2) is 30.3 Å². The maximum atomic E-state index is 11.2. The number of ether oxygens (including phenoxy) is 1. The summed E-state index contributed by atoms with van der Waals surface area (Å²) in [5.74, 6) is -0.379.